The Morgan fingerprint density at radius 2 is 2.10 bits per heavy atom. The monoisotopic (exact) mass is 296 g/mol. The van der Waals surface area contributed by atoms with Crippen molar-refractivity contribution in [3.63, 3.8) is 0 Å². The van der Waals surface area contributed by atoms with Crippen molar-refractivity contribution in [2.75, 3.05) is 13.1 Å². The van der Waals surface area contributed by atoms with E-state index in [0.717, 1.165) is 24.9 Å². The van der Waals surface area contributed by atoms with Crippen LogP contribution in [0.5, 0.6) is 0 Å². The summed E-state index contributed by atoms with van der Waals surface area (Å²) in [5.41, 5.74) is 8.14. The van der Waals surface area contributed by atoms with Gasteiger partial charge in [-0.2, -0.15) is 0 Å². The van der Waals surface area contributed by atoms with Gasteiger partial charge in [-0.1, -0.05) is 31.2 Å². The Labute approximate surface area is 127 Å². The minimum absolute atomic E-state index is 0. The molecule has 0 aromatic heterocycles. The number of carbonyl (C=O) groups excluding carboxylic acids is 1. The summed E-state index contributed by atoms with van der Waals surface area (Å²) < 4.78 is 0. The first-order chi connectivity index (χ1) is 9.11. The van der Waals surface area contributed by atoms with Gasteiger partial charge in [-0.15, -0.1) is 12.4 Å². The molecule has 112 valence electrons. The van der Waals surface area contributed by atoms with Gasteiger partial charge in [0.1, 0.15) is 0 Å². The largest absolute Gasteiger partial charge is 0.338 e. The molecule has 0 spiro atoms. The van der Waals surface area contributed by atoms with E-state index in [2.05, 4.69) is 19.9 Å². The van der Waals surface area contributed by atoms with Gasteiger partial charge in [0.25, 0.3) is 0 Å². The maximum atomic E-state index is 12.5. The molecule has 1 fully saturated rings. The lowest BCUT2D eigenvalue weighted by Gasteiger charge is -2.38. The molecule has 1 heterocycles. The van der Waals surface area contributed by atoms with Crippen molar-refractivity contribution < 1.29 is 4.79 Å². The number of rotatable bonds is 3. The Morgan fingerprint density at radius 3 is 2.75 bits per heavy atom. The molecule has 1 aliphatic heterocycles. The Bertz CT molecular complexity index is 450. The zero-order valence-corrected chi connectivity index (χ0v) is 13.2. The van der Waals surface area contributed by atoms with Crippen molar-refractivity contribution in [2.24, 2.45) is 11.7 Å². The number of likely N-dealkylation sites (tertiary alicyclic amines) is 1. The number of piperidine rings is 1. The summed E-state index contributed by atoms with van der Waals surface area (Å²) >= 11 is 0. The maximum absolute atomic E-state index is 12.5. The molecule has 0 aliphatic carbocycles. The molecule has 3 nitrogen and oxygen atoms in total. The molecule has 2 rings (SSSR count). The van der Waals surface area contributed by atoms with Crippen LogP contribution in [0.2, 0.25) is 0 Å². The van der Waals surface area contributed by atoms with Crippen LogP contribution in [0.4, 0.5) is 0 Å². The third kappa shape index (κ3) is 3.97. The second-order valence-electron chi connectivity index (χ2n) is 5.71. The SMILES string of the molecule is Cc1ccccc1CC(=O)N1CCC(C)CC1CN.Cl. The van der Waals surface area contributed by atoms with Crippen molar-refractivity contribution in [1.29, 1.82) is 0 Å². The van der Waals surface area contributed by atoms with Crippen molar-refractivity contribution in [1.82, 2.24) is 4.90 Å². The first kappa shape index (κ1) is 17.0. The van der Waals surface area contributed by atoms with E-state index in [0.29, 0.717) is 18.9 Å². The van der Waals surface area contributed by atoms with Crippen LogP contribution in [0.3, 0.4) is 0 Å². The number of nitrogens with two attached hydrogens (primary N) is 1. The minimum Gasteiger partial charge on any atom is -0.338 e. The van der Waals surface area contributed by atoms with E-state index in [9.17, 15) is 4.79 Å². The third-order valence-electron chi connectivity index (χ3n) is 4.17. The summed E-state index contributed by atoms with van der Waals surface area (Å²) in [7, 11) is 0. The fraction of sp³-hybridized carbons (Fsp3) is 0.562. The molecule has 2 N–H and O–H groups in total. The Balaban J connectivity index is 0.00000200. The maximum Gasteiger partial charge on any atom is 0.227 e. The molecule has 1 aromatic carbocycles. The van der Waals surface area contributed by atoms with Crippen LogP contribution in [0.1, 0.15) is 30.9 Å². The highest BCUT2D eigenvalue weighted by Crippen LogP contribution is 2.23. The van der Waals surface area contributed by atoms with E-state index in [1.165, 1.54) is 5.56 Å². The average molecular weight is 297 g/mol. The zero-order chi connectivity index (χ0) is 13.8. The quantitative estimate of drug-likeness (QED) is 0.932. The molecule has 2 unspecified atom stereocenters. The molecule has 0 bridgehead atoms. The van der Waals surface area contributed by atoms with Gasteiger partial charge in [0.15, 0.2) is 0 Å². The number of benzene rings is 1. The van der Waals surface area contributed by atoms with E-state index in [1.807, 2.05) is 23.1 Å². The zero-order valence-electron chi connectivity index (χ0n) is 12.3. The lowest BCUT2D eigenvalue weighted by molar-refractivity contribution is -0.134. The van der Waals surface area contributed by atoms with Crippen molar-refractivity contribution >= 4 is 18.3 Å². The van der Waals surface area contributed by atoms with E-state index in [1.54, 1.807) is 0 Å². The predicted molar refractivity (Wildman–Crippen MR) is 85.1 cm³/mol. The summed E-state index contributed by atoms with van der Waals surface area (Å²) in [6.45, 7) is 5.73. The van der Waals surface area contributed by atoms with Crippen LogP contribution in [-0.2, 0) is 11.2 Å². The van der Waals surface area contributed by atoms with E-state index >= 15 is 0 Å². The Hall–Kier alpha value is -1.06. The fourth-order valence-electron chi connectivity index (χ4n) is 2.88. The van der Waals surface area contributed by atoms with Gasteiger partial charge in [-0.05, 0) is 36.8 Å². The third-order valence-corrected chi connectivity index (χ3v) is 4.17. The molecule has 0 saturated carbocycles. The van der Waals surface area contributed by atoms with Crippen LogP contribution in [0, 0.1) is 12.8 Å². The Morgan fingerprint density at radius 1 is 1.40 bits per heavy atom. The van der Waals surface area contributed by atoms with Crippen LogP contribution in [0.15, 0.2) is 24.3 Å². The molecule has 1 amide bonds. The summed E-state index contributed by atoms with van der Waals surface area (Å²) in [4.78, 5) is 14.5. The second kappa shape index (κ2) is 7.65. The van der Waals surface area contributed by atoms with Gasteiger partial charge >= 0.3 is 0 Å². The molecule has 2 atom stereocenters. The first-order valence-electron chi connectivity index (χ1n) is 7.16. The van der Waals surface area contributed by atoms with Crippen molar-refractivity contribution in [2.45, 2.75) is 39.2 Å². The highest BCUT2D eigenvalue weighted by atomic mass is 35.5. The molecule has 20 heavy (non-hydrogen) atoms. The van der Waals surface area contributed by atoms with E-state index in [-0.39, 0.29) is 24.4 Å². The number of hydrogen-bond acceptors (Lipinski definition) is 2. The van der Waals surface area contributed by atoms with Crippen LogP contribution in [0.25, 0.3) is 0 Å². The topological polar surface area (TPSA) is 46.3 Å². The normalized spacial score (nSPS) is 22.2. The number of hydrogen-bond donors (Lipinski definition) is 1. The number of aryl methyl sites for hydroxylation is 1. The van der Waals surface area contributed by atoms with Crippen LogP contribution in [-0.4, -0.2) is 29.9 Å². The van der Waals surface area contributed by atoms with E-state index < -0.39 is 0 Å². The van der Waals surface area contributed by atoms with Crippen molar-refractivity contribution in [3.8, 4) is 0 Å². The summed E-state index contributed by atoms with van der Waals surface area (Å²) in [6, 6.07) is 8.32. The predicted octanol–water partition coefficient (Wildman–Crippen LogP) is 2.55. The molecular weight excluding hydrogens is 272 g/mol. The standard InChI is InChI=1S/C16H24N2O.ClH/c1-12-7-8-18(15(9-12)11-17)16(19)10-14-6-4-3-5-13(14)2;/h3-6,12,15H,7-11,17H2,1-2H3;1H. The second-order valence-corrected chi connectivity index (χ2v) is 5.71. The van der Waals surface area contributed by atoms with Crippen LogP contribution < -0.4 is 5.73 Å². The van der Waals surface area contributed by atoms with Crippen LogP contribution >= 0.6 is 12.4 Å². The van der Waals surface area contributed by atoms with Gasteiger partial charge in [0.05, 0.1) is 6.42 Å². The Kier molecular flexibility index (Phi) is 6.50. The van der Waals surface area contributed by atoms with Gasteiger partial charge in [-0.25, -0.2) is 0 Å². The summed E-state index contributed by atoms with van der Waals surface area (Å²) in [6.07, 6.45) is 2.63. The highest BCUT2D eigenvalue weighted by Gasteiger charge is 2.28. The minimum atomic E-state index is 0. The number of carbonyl (C=O) groups is 1. The number of amides is 1. The van der Waals surface area contributed by atoms with Gasteiger partial charge < -0.3 is 10.6 Å². The summed E-state index contributed by atoms with van der Waals surface area (Å²) in [5.74, 6) is 0.896. The van der Waals surface area contributed by atoms with E-state index in [4.69, 9.17) is 5.73 Å². The van der Waals surface area contributed by atoms with Gasteiger partial charge in [-0.3, -0.25) is 4.79 Å². The molecule has 1 aromatic rings. The fourth-order valence-corrected chi connectivity index (χ4v) is 2.88. The number of halogens is 1. The molecule has 0 radical (unpaired) electrons. The lowest BCUT2D eigenvalue weighted by Crippen LogP contribution is -2.49. The lowest BCUT2D eigenvalue weighted by atomic mass is 9.91. The highest BCUT2D eigenvalue weighted by molar-refractivity contribution is 5.85. The first-order valence-corrected chi connectivity index (χ1v) is 7.16. The summed E-state index contributed by atoms with van der Waals surface area (Å²) in [5, 5.41) is 0. The average Bonchev–Trinajstić information content (AvgIpc) is 2.41. The smallest absolute Gasteiger partial charge is 0.227 e. The van der Waals surface area contributed by atoms with Gasteiger partial charge in [0, 0.05) is 19.1 Å². The molecule has 1 aliphatic rings. The molecular formula is C16H25ClN2O. The van der Waals surface area contributed by atoms with Crippen molar-refractivity contribution in [3.05, 3.63) is 35.4 Å². The van der Waals surface area contributed by atoms with Gasteiger partial charge in [0.2, 0.25) is 5.91 Å². The molecule has 1 saturated heterocycles. The molecule has 4 heteroatoms. The number of nitrogens with zero attached hydrogens (tertiary/aromatic N) is 1.